The number of likely N-dealkylation sites (tertiary alicyclic amines) is 2. The number of hydrogen-bond acceptors (Lipinski definition) is 10. The van der Waals surface area contributed by atoms with Gasteiger partial charge in [-0.3, -0.25) is 14.9 Å². The fraction of sp³-hybridized carbons (Fsp3) is 0.500. The number of nitrogens with zero attached hydrogens (tertiary/aromatic N) is 5. The van der Waals surface area contributed by atoms with E-state index in [1.807, 2.05) is 42.7 Å². The molecule has 360 valence electrons. The minimum atomic E-state index is -3.26. The highest BCUT2D eigenvalue weighted by Crippen LogP contribution is 2.48. The van der Waals surface area contributed by atoms with Gasteiger partial charge in [0, 0.05) is 47.9 Å². The van der Waals surface area contributed by atoms with Crippen LogP contribution < -0.4 is 15.4 Å². The fourth-order valence-electron chi connectivity index (χ4n) is 9.27. The van der Waals surface area contributed by atoms with Crippen LogP contribution in [0.15, 0.2) is 48.8 Å². The van der Waals surface area contributed by atoms with Crippen molar-refractivity contribution in [3.63, 3.8) is 0 Å². The van der Waals surface area contributed by atoms with Gasteiger partial charge in [0.25, 0.3) is 11.8 Å². The molecular formula is C46H54F5N9O7. The molecule has 3 aromatic heterocycles. The predicted octanol–water partition coefficient (Wildman–Crippen LogP) is 7.51. The number of halogens is 5. The highest BCUT2D eigenvalue weighted by molar-refractivity contribution is 5.92. The van der Waals surface area contributed by atoms with Crippen LogP contribution in [0.25, 0.3) is 44.7 Å². The molecule has 5 aromatic rings. The Hall–Kier alpha value is -6.06. The number of nitrogens with one attached hydrogen (secondary N) is 4. The van der Waals surface area contributed by atoms with E-state index in [4.69, 9.17) is 9.47 Å². The first kappa shape index (κ1) is 47.4. The van der Waals surface area contributed by atoms with Gasteiger partial charge in [-0.25, -0.2) is 36.7 Å². The second kappa shape index (κ2) is 17.9. The Morgan fingerprint density at radius 2 is 1.40 bits per heavy atom. The summed E-state index contributed by atoms with van der Waals surface area (Å²) in [4.78, 5) is 56.4. The first-order chi connectivity index (χ1) is 31.6. The average molecular weight is 940 g/mol. The molecule has 2 unspecified atom stereocenters. The standard InChI is InChI=1S/C46H54F5N9O7/c1-21(2)36(56-43(63)65-7)40(61)58-19-45(48,49)15-33(58)38-52-17-29(54-38)24-9-10-31-25(11-24)12-32-27-13-28(47)26(14-35(27)67-42(23(5)6)60(31)32)30-18-53-39(55-30)34-16-46(50,51)20-59(34)41(62)37(22(3)4)57-44(64)66-8/h9-14,17-18,21-23,33-34,36-37,42-43,56,63H,15-16,19-20H2,1-8H3,(H,52,54)(H,53,55)(H,57,64)/t33-,34-,36-,37-,42?,43?/m0/s1. The van der Waals surface area contributed by atoms with Crippen molar-refractivity contribution in [1.29, 1.82) is 0 Å². The largest absolute Gasteiger partial charge is 0.469 e. The topological polar surface area (TPSA) is 192 Å². The molecule has 0 saturated carbocycles. The number of aromatic nitrogens is 5. The van der Waals surface area contributed by atoms with E-state index >= 15 is 13.2 Å². The van der Waals surface area contributed by atoms with Crippen molar-refractivity contribution in [2.24, 2.45) is 17.8 Å². The number of carbonyl (C=O) groups excluding carboxylic acids is 3. The lowest BCUT2D eigenvalue weighted by molar-refractivity contribution is -0.146. The molecule has 67 heavy (non-hydrogen) atoms. The zero-order chi connectivity index (χ0) is 48.4. The van der Waals surface area contributed by atoms with E-state index in [1.54, 1.807) is 27.7 Å². The number of aliphatic hydroxyl groups is 1. The van der Waals surface area contributed by atoms with Gasteiger partial charge in [0.1, 0.15) is 29.3 Å². The molecule has 2 aromatic carbocycles. The molecule has 5 N–H and O–H groups in total. The van der Waals surface area contributed by atoms with Crippen LogP contribution in [0.1, 0.15) is 84.3 Å². The number of fused-ring (bicyclic) bond motifs is 5. The lowest BCUT2D eigenvalue weighted by atomic mass is 10.0. The molecule has 0 spiro atoms. The monoisotopic (exact) mass is 939 g/mol. The number of imidazole rings is 2. The molecule has 16 nitrogen and oxygen atoms in total. The van der Waals surface area contributed by atoms with Crippen molar-refractivity contribution < 1.29 is 55.7 Å². The summed E-state index contributed by atoms with van der Waals surface area (Å²) in [6, 6.07) is 5.91. The Labute approximate surface area is 382 Å². The van der Waals surface area contributed by atoms with Crippen molar-refractivity contribution in [3.8, 4) is 39.5 Å². The van der Waals surface area contributed by atoms with Crippen molar-refractivity contribution in [2.45, 2.75) is 103 Å². The van der Waals surface area contributed by atoms with Crippen LogP contribution in [0.3, 0.4) is 0 Å². The fourth-order valence-corrected chi connectivity index (χ4v) is 9.27. The first-order valence-corrected chi connectivity index (χ1v) is 22.0. The maximum atomic E-state index is 16.4. The Morgan fingerprint density at radius 1 is 0.821 bits per heavy atom. The number of amides is 3. The summed E-state index contributed by atoms with van der Waals surface area (Å²) in [7, 11) is 2.38. The number of alkyl carbamates (subject to hydrolysis) is 1. The Kier molecular flexibility index (Phi) is 12.7. The lowest BCUT2D eigenvalue weighted by Crippen LogP contribution is -2.53. The number of benzene rings is 2. The average Bonchev–Trinajstić information content (AvgIpc) is 4.12. The lowest BCUT2D eigenvalue weighted by Gasteiger charge is -2.32. The number of ether oxygens (including phenoxy) is 3. The summed E-state index contributed by atoms with van der Waals surface area (Å²) in [5, 5.41) is 15.9. The van der Waals surface area contributed by atoms with Gasteiger partial charge in [0.15, 0.2) is 6.23 Å². The van der Waals surface area contributed by atoms with Crippen LogP contribution >= 0.6 is 0 Å². The molecule has 0 radical (unpaired) electrons. The smallest absolute Gasteiger partial charge is 0.407 e. The highest BCUT2D eigenvalue weighted by atomic mass is 19.3. The third-order valence-corrected chi connectivity index (χ3v) is 12.7. The van der Waals surface area contributed by atoms with Gasteiger partial charge >= 0.3 is 6.09 Å². The molecule has 3 amide bonds. The molecule has 0 aliphatic carbocycles. The molecule has 0 bridgehead atoms. The van der Waals surface area contributed by atoms with Crippen molar-refractivity contribution in [2.75, 3.05) is 27.3 Å². The molecular weight excluding hydrogens is 886 g/mol. The summed E-state index contributed by atoms with van der Waals surface area (Å²) in [6.07, 6.45) is -1.47. The third kappa shape index (κ3) is 9.07. The van der Waals surface area contributed by atoms with Gasteiger partial charge in [-0.2, -0.15) is 0 Å². The number of rotatable bonds is 13. The van der Waals surface area contributed by atoms with Crippen LogP contribution in [0.2, 0.25) is 0 Å². The molecule has 3 aliphatic heterocycles. The highest BCUT2D eigenvalue weighted by Gasteiger charge is 2.52. The molecule has 2 saturated heterocycles. The van der Waals surface area contributed by atoms with Crippen LogP contribution in [0.5, 0.6) is 5.75 Å². The van der Waals surface area contributed by atoms with Crippen molar-refractivity contribution in [3.05, 3.63) is 66.3 Å². The first-order valence-electron chi connectivity index (χ1n) is 22.0. The second-order valence-corrected chi connectivity index (χ2v) is 18.5. The van der Waals surface area contributed by atoms with Crippen LogP contribution in [0.4, 0.5) is 26.7 Å². The van der Waals surface area contributed by atoms with Gasteiger partial charge < -0.3 is 49.0 Å². The zero-order valence-corrected chi connectivity index (χ0v) is 38.2. The molecule has 6 atom stereocenters. The number of hydrogen-bond donors (Lipinski definition) is 5. The molecule has 21 heteroatoms. The molecule has 6 heterocycles. The van der Waals surface area contributed by atoms with Crippen LogP contribution in [0, 0.1) is 23.6 Å². The third-order valence-electron chi connectivity index (χ3n) is 12.7. The maximum absolute atomic E-state index is 16.4. The van der Waals surface area contributed by atoms with E-state index < -0.39 is 104 Å². The summed E-state index contributed by atoms with van der Waals surface area (Å²) < 4.78 is 94.5. The van der Waals surface area contributed by atoms with Crippen molar-refractivity contribution in [1.82, 2.24) is 44.9 Å². The van der Waals surface area contributed by atoms with E-state index in [0.29, 0.717) is 28.3 Å². The van der Waals surface area contributed by atoms with Gasteiger partial charge in [-0.15, -0.1) is 0 Å². The van der Waals surface area contributed by atoms with Gasteiger partial charge in [0.05, 0.1) is 73.3 Å². The normalized spacial score (nSPS) is 21.1. The SMILES string of the molecule is COC(=O)N[C@H](C(=O)N1CC(F)(F)C[C@H]1c1ncc(-c2cc3c(cc2F)-c2cc4cc(-c5cnc([C@@H]6CC(F)(F)CN6C(=O)[C@@H](NC(O)OC)C(C)C)[nH]5)ccc4n2C(C(C)C)O3)[nH]1)C(C)C. The van der Waals surface area contributed by atoms with E-state index in [1.165, 1.54) is 31.6 Å². The van der Waals surface area contributed by atoms with E-state index in [-0.39, 0.29) is 34.7 Å². The summed E-state index contributed by atoms with van der Waals surface area (Å²) in [5.74, 6) is -8.84. The minimum absolute atomic E-state index is 0.0160. The molecule has 8 rings (SSSR count). The zero-order valence-electron chi connectivity index (χ0n) is 38.2. The summed E-state index contributed by atoms with van der Waals surface area (Å²) in [6.45, 7) is 9.01. The van der Waals surface area contributed by atoms with E-state index in [0.717, 1.165) is 27.8 Å². The number of alkyl halides is 4. The number of carbonyl (C=O) groups is 3. The maximum Gasteiger partial charge on any atom is 0.407 e. The van der Waals surface area contributed by atoms with Gasteiger partial charge in [-0.1, -0.05) is 47.6 Å². The number of aliphatic hydroxyl groups excluding tert-OH is 1. The van der Waals surface area contributed by atoms with Crippen LogP contribution in [-0.2, 0) is 19.1 Å². The van der Waals surface area contributed by atoms with Crippen LogP contribution in [-0.4, -0.2) is 115 Å². The summed E-state index contributed by atoms with van der Waals surface area (Å²) in [5.41, 5.74) is 3.28. The Morgan fingerprint density at radius 3 is 1.97 bits per heavy atom. The quantitative estimate of drug-likeness (QED) is 0.0583. The Balaban J connectivity index is 1.08. The number of methoxy groups -OCH3 is 2. The molecule has 3 aliphatic rings. The number of aromatic amines is 2. The Bertz CT molecular complexity index is 2680. The summed E-state index contributed by atoms with van der Waals surface area (Å²) >= 11 is 0. The molecule has 2 fully saturated rings. The number of H-pyrrole nitrogens is 2. The van der Waals surface area contributed by atoms with Crippen molar-refractivity contribution >= 4 is 28.8 Å². The predicted molar refractivity (Wildman–Crippen MR) is 234 cm³/mol. The second-order valence-electron chi connectivity index (χ2n) is 18.5. The van der Waals surface area contributed by atoms with E-state index in [2.05, 4.69) is 35.3 Å². The van der Waals surface area contributed by atoms with Gasteiger partial charge in [0.2, 0.25) is 18.2 Å². The minimum Gasteiger partial charge on any atom is -0.469 e. The van der Waals surface area contributed by atoms with Gasteiger partial charge in [-0.05, 0) is 42.2 Å². The van der Waals surface area contributed by atoms with E-state index in [9.17, 15) is 28.3 Å².